The number of aldehydes is 1. The highest BCUT2D eigenvalue weighted by atomic mass is 32.1. The Bertz CT molecular complexity index is 879. The van der Waals surface area contributed by atoms with E-state index < -0.39 is 0 Å². The Labute approximate surface area is 119 Å². The summed E-state index contributed by atoms with van der Waals surface area (Å²) in [4.78, 5) is 11.7. The first-order chi connectivity index (χ1) is 9.88. The molecule has 2 heterocycles. The molecule has 96 valence electrons. The van der Waals surface area contributed by atoms with Crippen molar-refractivity contribution >= 4 is 39.4 Å². The van der Waals surface area contributed by atoms with Crippen LogP contribution in [0.25, 0.3) is 26.8 Å². The molecule has 2 aromatic carbocycles. The molecule has 3 heteroatoms. The van der Waals surface area contributed by atoms with Gasteiger partial charge in [-0.2, -0.15) is 0 Å². The molecule has 4 aromatic rings. The van der Waals surface area contributed by atoms with Gasteiger partial charge in [0.25, 0.3) is 0 Å². The minimum atomic E-state index is 0.752. The zero-order valence-electron chi connectivity index (χ0n) is 10.6. The fourth-order valence-electron chi connectivity index (χ4n) is 2.69. The number of hydrogen-bond donors (Lipinski definition) is 0. The molecule has 0 saturated heterocycles. The molecule has 0 spiro atoms. The van der Waals surface area contributed by atoms with Crippen LogP contribution in [0.3, 0.4) is 0 Å². The monoisotopic (exact) mass is 277 g/mol. The van der Waals surface area contributed by atoms with Gasteiger partial charge >= 0.3 is 0 Å². The number of fused-ring (bicyclic) bond motifs is 3. The van der Waals surface area contributed by atoms with Crippen molar-refractivity contribution in [1.29, 1.82) is 0 Å². The van der Waals surface area contributed by atoms with E-state index in [1.165, 1.54) is 33.1 Å². The molecule has 0 atom stereocenters. The standard InChI is InChI=1S/C17H11NOS/c19-11-12-9-10-17(20-12)18-15-7-3-1-5-13(15)14-6-2-4-8-16(14)18/h1-11H. The third kappa shape index (κ3) is 1.53. The van der Waals surface area contributed by atoms with E-state index in [9.17, 15) is 4.79 Å². The molecule has 2 aromatic heterocycles. The number of benzene rings is 2. The highest BCUT2D eigenvalue weighted by Crippen LogP contribution is 2.33. The van der Waals surface area contributed by atoms with E-state index in [2.05, 4.69) is 41.0 Å². The van der Waals surface area contributed by atoms with E-state index in [0.717, 1.165) is 16.2 Å². The highest BCUT2D eigenvalue weighted by Gasteiger charge is 2.12. The Morgan fingerprint density at radius 3 is 1.95 bits per heavy atom. The molecule has 0 N–H and O–H groups in total. The molecule has 4 rings (SSSR count). The highest BCUT2D eigenvalue weighted by molar-refractivity contribution is 7.16. The van der Waals surface area contributed by atoms with Gasteiger partial charge in [-0.3, -0.25) is 4.79 Å². The minimum absolute atomic E-state index is 0.752. The number of nitrogens with zero attached hydrogens (tertiary/aromatic N) is 1. The smallest absolute Gasteiger partial charge is 0.160 e. The topological polar surface area (TPSA) is 22.0 Å². The molecule has 0 fully saturated rings. The van der Waals surface area contributed by atoms with Crippen molar-refractivity contribution in [1.82, 2.24) is 4.57 Å². The average molecular weight is 277 g/mol. The Hall–Kier alpha value is -2.39. The van der Waals surface area contributed by atoms with Crippen molar-refractivity contribution in [2.75, 3.05) is 0 Å². The van der Waals surface area contributed by atoms with Crippen molar-refractivity contribution in [3.8, 4) is 5.00 Å². The SMILES string of the molecule is O=Cc1ccc(-n2c3ccccc3c3ccccc32)s1. The second-order valence-electron chi connectivity index (χ2n) is 4.66. The average Bonchev–Trinajstić information content (AvgIpc) is 3.09. The molecule has 0 saturated carbocycles. The molecule has 0 bridgehead atoms. The summed E-state index contributed by atoms with van der Waals surface area (Å²) in [6, 6.07) is 20.6. The third-order valence-corrected chi connectivity index (χ3v) is 4.53. The van der Waals surface area contributed by atoms with E-state index >= 15 is 0 Å². The summed E-state index contributed by atoms with van der Waals surface area (Å²) in [5.41, 5.74) is 2.35. The first-order valence-electron chi connectivity index (χ1n) is 6.42. The predicted octanol–water partition coefficient (Wildman–Crippen LogP) is 4.66. The second-order valence-corrected chi connectivity index (χ2v) is 5.76. The summed E-state index contributed by atoms with van der Waals surface area (Å²) in [6.07, 6.45) is 0.905. The van der Waals surface area contributed by atoms with Crippen LogP contribution in [0, 0.1) is 0 Å². The van der Waals surface area contributed by atoms with Crippen LogP contribution in [0.1, 0.15) is 9.67 Å². The fraction of sp³-hybridized carbons (Fsp3) is 0. The van der Waals surface area contributed by atoms with Gasteiger partial charge in [0.1, 0.15) is 5.00 Å². The zero-order chi connectivity index (χ0) is 13.5. The lowest BCUT2D eigenvalue weighted by molar-refractivity contribution is 0.112. The van der Waals surface area contributed by atoms with E-state index in [4.69, 9.17) is 0 Å². The zero-order valence-corrected chi connectivity index (χ0v) is 11.4. The minimum Gasteiger partial charge on any atom is -0.301 e. The summed E-state index contributed by atoms with van der Waals surface area (Å²) in [5.74, 6) is 0. The van der Waals surface area contributed by atoms with Gasteiger partial charge in [0, 0.05) is 10.8 Å². The molecule has 0 radical (unpaired) electrons. The number of para-hydroxylation sites is 2. The number of rotatable bonds is 2. The summed E-state index contributed by atoms with van der Waals surface area (Å²) in [7, 11) is 0. The van der Waals surface area contributed by atoms with E-state index in [1.54, 1.807) is 0 Å². The lowest BCUT2D eigenvalue weighted by atomic mass is 10.2. The normalized spacial score (nSPS) is 11.2. The number of thiophene rings is 1. The largest absolute Gasteiger partial charge is 0.301 e. The maximum absolute atomic E-state index is 10.9. The Morgan fingerprint density at radius 2 is 1.40 bits per heavy atom. The van der Waals surface area contributed by atoms with E-state index in [0.29, 0.717) is 0 Å². The van der Waals surface area contributed by atoms with Gasteiger partial charge in [0.2, 0.25) is 0 Å². The quantitative estimate of drug-likeness (QED) is 0.488. The van der Waals surface area contributed by atoms with Crippen LogP contribution in [0.15, 0.2) is 60.7 Å². The van der Waals surface area contributed by atoms with Gasteiger partial charge < -0.3 is 4.57 Å². The van der Waals surface area contributed by atoms with Crippen LogP contribution in [0.5, 0.6) is 0 Å². The first-order valence-corrected chi connectivity index (χ1v) is 7.24. The Balaban J connectivity index is 2.17. The number of carbonyl (C=O) groups is 1. The third-order valence-electron chi connectivity index (χ3n) is 3.53. The number of carbonyl (C=O) groups excluding carboxylic acids is 1. The Morgan fingerprint density at radius 1 is 0.800 bits per heavy atom. The van der Waals surface area contributed by atoms with Crippen LogP contribution < -0.4 is 0 Å². The van der Waals surface area contributed by atoms with Gasteiger partial charge in [0.15, 0.2) is 6.29 Å². The molecule has 2 nitrogen and oxygen atoms in total. The van der Waals surface area contributed by atoms with Gasteiger partial charge in [-0.25, -0.2) is 0 Å². The molecule has 0 aliphatic rings. The fourth-order valence-corrected chi connectivity index (χ4v) is 3.54. The van der Waals surface area contributed by atoms with Crippen molar-refractivity contribution in [3.05, 3.63) is 65.5 Å². The van der Waals surface area contributed by atoms with Crippen LogP contribution in [-0.4, -0.2) is 10.9 Å². The van der Waals surface area contributed by atoms with Gasteiger partial charge in [-0.15, -0.1) is 11.3 Å². The lowest BCUT2D eigenvalue weighted by Gasteiger charge is -2.03. The number of hydrogen-bond acceptors (Lipinski definition) is 2. The van der Waals surface area contributed by atoms with Crippen LogP contribution >= 0.6 is 11.3 Å². The molecule has 0 aliphatic heterocycles. The van der Waals surface area contributed by atoms with Crippen molar-refractivity contribution in [3.63, 3.8) is 0 Å². The van der Waals surface area contributed by atoms with E-state index in [-0.39, 0.29) is 0 Å². The molecule has 20 heavy (non-hydrogen) atoms. The van der Waals surface area contributed by atoms with Crippen LogP contribution in [-0.2, 0) is 0 Å². The van der Waals surface area contributed by atoms with Crippen molar-refractivity contribution in [2.24, 2.45) is 0 Å². The Kier molecular flexibility index (Phi) is 2.47. The first kappa shape index (κ1) is 11.4. The van der Waals surface area contributed by atoms with Gasteiger partial charge in [0.05, 0.1) is 15.9 Å². The maximum Gasteiger partial charge on any atom is 0.160 e. The van der Waals surface area contributed by atoms with Crippen molar-refractivity contribution < 1.29 is 4.79 Å². The van der Waals surface area contributed by atoms with Crippen LogP contribution in [0.2, 0.25) is 0 Å². The molecular weight excluding hydrogens is 266 g/mol. The van der Waals surface area contributed by atoms with Gasteiger partial charge in [-0.05, 0) is 24.3 Å². The second kappa shape index (κ2) is 4.32. The molecule has 0 unspecified atom stereocenters. The summed E-state index contributed by atoms with van der Waals surface area (Å²) in [6.45, 7) is 0. The predicted molar refractivity (Wildman–Crippen MR) is 84.0 cm³/mol. The maximum atomic E-state index is 10.9. The molecular formula is C17H11NOS. The summed E-state index contributed by atoms with van der Waals surface area (Å²) >= 11 is 1.52. The van der Waals surface area contributed by atoms with E-state index in [1.807, 2.05) is 24.3 Å². The summed E-state index contributed by atoms with van der Waals surface area (Å²) in [5, 5.41) is 3.55. The lowest BCUT2D eigenvalue weighted by Crippen LogP contribution is -1.89. The summed E-state index contributed by atoms with van der Waals surface area (Å²) < 4.78 is 2.22. The number of aromatic nitrogens is 1. The van der Waals surface area contributed by atoms with Crippen molar-refractivity contribution in [2.45, 2.75) is 0 Å². The van der Waals surface area contributed by atoms with Crippen LogP contribution in [0.4, 0.5) is 0 Å². The molecule has 0 aliphatic carbocycles. The molecule has 0 amide bonds. The van der Waals surface area contributed by atoms with Gasteiger partial charge in [-0.1, -0.05) is 36.4 Å².